The summed E-state index contributed by atoms with van der Waals surface area (Å²) in [5, 5.41) is 3.10. The lowest BCUT2D eigenvalue weighted by molar-refractivity contribution is -0.123. The number of hydrogen-bond acceptors (Lipinski definition) is 4. The maximum Gasteiger partial charge on any atom is 0.241 e. The quantitative estimate of drug-likeness (QED) is 0.541. The van der Waals surface area contributed by atoms with Crippen molar-refractivity contribution in [2.75, 3.05) is 6.61 Å². The molecule has 2 atom stereocenters. The van der Waals surface area contributed by atoms with Crippen molar-refractivity contribution in [2.24, 2.45) is 0 Å². The lowest BCUT2D eigenvalue weighted by Crippen LogP contribution is -2.50. The van der Waals surface area contributed by atoms with Crippen LogP contribution in [0, 0.1) is 0 Å². The van der Waals surface area contributed by atoms with Crippen LogP contribution in [0.5, 0.6) is 5.75 Å². The fraction of sp³-hybridized carbons (Fsp3) is 0.409. The molecule has 0 saturated heterocycles. The van der Waals surface area contributed by atoms with Gasteiger partial charge in [-0.2, -0.15) is 4.72 Å². The second-order valence-electron chi connectivity index (χ2n) is 7.09. The van der Waals surface area contributed by atoms with Crippen LogP contribution in [0.25, 0.3) is 0 Å². The van der Waals surface area contributed by atoms with E-state index in [2.05, 4.69) is 10.0 Å². The van der Waals surface area contributed by atoms with E-state index in [9.17, 15) is 13.2 Å². The summed E-state index contributed by atoms with van der Waals surface area (Å²) in [6, 6.07) is 12.5. The number of amides is 1. The van der Waals surface area contributed by atoms with Crippen LogP contribution in [0.2, 0.25) is 5.02 Å². The van der Waals surface area contributed by atoms with E-state index in [0.717, 1.165) is 18.4 Å². The zero-order valence-electron chi connectivity index (χ0n) is 17.5. The molecule has 30 heavy (non-hydrogen) atoms. The molecule has 1 amide bonds. The minimum atomic E-state index is -3.98. The van der Waals surface area contributed by atoms with Crippen LogP contribution in [0.1, 0.15) is 39.2 Å². The van der Waals surface area contributed by atoms with Crippen molar-refractivity contribution in [1.82, 2.24) is 10.0 Å². The van der Waals surface area contributed by atoms with Crippen LogP contribution < -0.4 is 14.8 Å². The second kappa shape index (κ2) is 11.3. The minimum absolute atomic E-state index is 0.0246. The molecule has 2 rings (SSSR count). The van der Waals surface area contributed by atoms with E-state index in [1.165, 1.54) is 18.2 Å². The third-order valence-corrected chi connectivity index (χ3v) is 6.29. The number of ether oxygens (including phenoxy) is 1. The van der Waals surface area contributed by atoms with Crippen molar-refractivity contribution in [2.45, 2.75) is 57.0 Å². The average molecular weight is 453 g/mol. The minimum Gasteiger partial charge on any atom is -0.492 e. The Morgan fingerprint density at radius 3 is 2.43 bits per heavy atom. The lowest BCUT2D eigenvalue weighted by atomic mass is 10.1. The highest BCUT2D eigenvalue weighted by Gasteiger charge is 2.27. The maximum absolute atomic E-state index is 13.0. The molecule has 0 bridgehead atoms. The van der Waals surface area contributed by atoms with Crippen molar-refractivity contribution in [3.05, 3.63) is 59.1 Å². The van der Waals surface area contributed by atoms with E-state index >= 15 is 0 Å². The normalized spacial score (nSPS) is 13.5. The summed E-state index contributed by atoms with van der Waals surface area (Å²) in [5.74, 6) is 0.0468. The Kier molecular flexibility index (Phi) is 9.14. The fourth-order valence-electron chi connectivity index (χ4n) is 3.06. The summed E-state index contributed by atoms with van der Waals surface area (Å²) in [7, 11) is -3.98. The summed E-state index contributed by atoms with van der Waals surface area (Å²) in [4.78, 5) is 12.8. The first kappa shape index (κ1) is 24.2. The van der Waals surface area contributed by atoms with Gasteiger partial charge in [-0.15, -0.1) is 0 Å². The molecule has 0 fully saturated rings. The molecule has 0 aliphatic rings. The molecule has 0 aromatic heterocycles. The molecular formula is C22H29ClN2O4S. The van der Waals surface area contributed by atoms with Gasteiger partial charge in [0.1, 0.15) is 11.8 Å². The number of hydrogen-bond donors (Lipinski definition) is 2. The van der Waals surface area contributed by atoms with Crippen LogP contribution in [-0.4, -0.2) is 33.0 Å². The molecule has 2 aromatic rings. The van der Waals surface area contributed by atoms with Gasteiger partial charge in [0, 0.05) is 6.04 Å². The number of benzene rings is 2. The van der Waals surface area contributed by atoms with Crippen LogP contribution in [-0.2, 0) is 21.2 Å². The predicted molar refractivity (Wildman–Crippen MR) is 119 cm³/mol. The van der Waals surface area contributed by atoms with Crippen molar-refractivity contribution >= 4 is 27.5 Å². The first-order valence-electron chi connectivity index (χ1n) is 10.1. The number of rotatable bonds is 11. The van der Waals surface area contributed by atoms with Gasteiger partial charge in [0.05, 0.1) is 16.5 Å². The topological polar surface area (TPSA) is 84.5 Å². The van der Waals surface area contributed by atoms with E-state index in [4.69, 9.17) is 16.3 Å². The SMILES string of the molecule is CCC[C@H](C)NC(=O)[C@@H](Cc1ccccc1)NS(=O)(=O)c1ccc(OCC)c(Cl)c1. The standard InChI is InChI=1S/C22H29ClN2O4S/c1-4-9-16(3)24-22(26)20(14-17-10-7-6-8-11-17)25-30(27,28)18-12-13-21(29-5-2)19(23)15-18/h6-8,10-13,15-16,20,25H,4-5,9,14H2,1-3H3,(H,24,26)/t16-,20+/m0/s1. The molecule has 0 aliphatic heterocycles. The van der Waals surface area contributed by atoms with E-state index in [-0.39, 0.29) is 28.3 Å². The summed E-state index contributed by atoms with van der Waals surface area (Å²) >= 11 is 6.15. The summed E-state index contributed by atoms with van der Waals surface area (Å²) in [6.45, 7) is 6.17. The van der Waals surface area contributed by atoms with Gasteiger partial charge in [0.25, 0.3) is 0 Å². The molecule has 8 heteroatoms. The van der Waals surface area contributed by atoms with Gasteiger partial charge >= 0.3 is 0 Å². The van der Waals surface area contributed by atoms with E-state index in [0.29, 0.717) is 12.4 Å². The second-order valence-corrected chi connectivity index (χ2v) is 9.21. The van der Waals surface area contributed by atoms with Gasteiger partial charge < -0.3 is 10.1 Å². The predicted octanol–water partition coefficient (Wildman–Crippen LogP) is 3.93. The first-order valence-corrected chi connectivity index (χ1v) is 11.9. The zero-order chi connectivity index (χ0) is 22.1. The molecule has 0 aliphatic carbocycles. The van der Waals surface area contributed by atoms with Crippen LogP contribution in [0.15, 0.2) is 53.4 Å². The van der Waals surface area contributed by atoms with E-state index in [1.807, 2.05) is 51.1 Å². The van der Waals surface area contributed by atoms with Crippen molar-refractivity contribution in [1.29, 1.82) is 0 Å². The largest absolute Gasteiger partial charge is 0.492 e. The number of carbonyl (C=O) groups excluding carboxylic acids is 1. The summed E-state index contributed by atoms with van der Waals surface area (Å²) < 4.78 is 33.9. The van der Waals surface area contributed by atoms with Gasteiger partial charge in [0.15, 0.2) is 0 Å². The summed E-state index contributed by atoms with van der Waals surface area (Å²) in [5.41, 5.74) is 0.855. The highest BCUT2D eigenvalue weighted by molar-refractivity contribution is 7.89. The molecule has 0 heterocycles. The third kappa shape index (κ3) is 7.00. The highest BCUT2D eigenvalue weighted by Crippen LogP contribution is 2.27. The zero-order valence-corrected chi connectivity index (χ0v) is 19.1. The molecule has 2 aromatic carbocycles. The van der Waals surface area contributed by atoms with E-state index in [1.54, 1.807) is 0 Å². The first-order chi connectivity index (χ1) is 14.3. The van der Waals surface area contributed by atoms with Crippen LogP contribution >= 0.6 is 11.6 Å². The molecule has 6 nitrogen and oxygen atoms in total. The highest BCUT2D eigenvalue weighted by atomic mass is 35.5. The molecule has 0 radical (unpaired) electrons. The molecular weight excluding hydrogens is 424 g/mol. The smallest absolute Gasteiger partial charge is 0.241 e. The lowest BCUT2D eigenvalue weighted by Gasteiger charge is -2.21. The monoisotopic (exact) mass is 452 g/mol. The van der Waals surface area contributed by atoms with Crippen LogP contribution in [0.4, 0.5) is 0 Å². The Morgan fingerprint density at radius 1 is 1.13 bits per heavy atom. The average Bonchev–Trinajstić information content (AvgIpc) is 2.70. The third-order valence-electron chi connectivity index (χ3n) is 4.52. The molecule has 0 spiro atoms. The van der Waals surface area contributed by atoms with Crippen molar-refractivity contribution in [3.63, 3.8) is 0 Å². The Hall–Kier alpha value is -2.09. The van der Waals surface area contributed by atoms with Gasteiger partial charge in [-0.3, -0.25) is 4.79 Å². The Labute approximate surface area is 184 Å². The Balaban J connectivity index is 2.26. The Morgan fingerprint density at radius 2 is 1.83 bits per heavy atom. The summed E-state index contributed by atoms with van der Waals surface area (Å²) in [6.07, 6.45) is 1.96. The molecule has 0 saturated carbocycles. The van der Waals surface area contributed by atoms with E-state index < -0.39 is 16.1 Å². The number of carbonyl (C=O) groups is 1. The maximum atomic E-state index is 13.0. The van der Waals surface area contributed by atoms with Crippen molar-refractivity contribution in [3.8, 4) is 5.75 Å². The molecule has 164 valence electrons. The van der Waals surface area contributed by atoms with Gasteiger partial charge in [0.2, 0.25) is 15.9 Å². The van der Waals surface area contributed by atoms with Gasteiger partial charge in [-0.05, 0) is 50.5 Å². The van der Waals surface area contributed by atoms with Gasteiger partial charge in [-0.1, -0.05) is 55.3 Å². The molecule has 0 unspecified atom stereocenters. The number of sulfonamides is 1. The molecule has 2 N–H and O–H groups in total. The number of nitrogens with one attached hydrogen (secondary N) is 2. The van der Waals surface area contributed by atoms with Gasteiger partial charge in [-0.25, -0.2) is 8.42 Å². The fourth-order valence-corrected chi connectivity index (χ4v) is 4.58. The van der Waals surface area contributed by atoms with Crippen LogP contribution in [0.3, 0.4) is 0 Å². The van der Waals surface area contributed by atoms with Crippen molar-refractivity contribution < 1.29 is 17.9 Å². The number of halogens is 1. The Bertz CT molecular complexity index is 935.